The highest BCUT2D eigenvalue weighted by molar-refractivity contribution is 5.94. The molecular weight excluding hydrogens is 239 g/mol. The molecule has 0 saturated carbocycles. The molecule has 1 aromatic carbocycles. The molecule has 0 unspecified atom stereocenters. The maximum Gasteiger partial charge on any atom is 0.303 e. The second-order valence-corrected chi connectivity index (χ2v) is 3.84. The highest BCUT2D eigenvalue weighted by Gasteiger charge is 2.07. The molecule has 0 fully saturated rings. The molecule has 0 spiro atoms. The topological polar surface area (TPSA) is 92.4 Å². The summed E-state index contributed by atoms with van der Waals surface area (Å²) in [5.41, 5.74) is 5.48. The minimum atomic E-state index is -0.859. The minimum Gasteiger partial charge on any atom is -0.481 e. The second-order valence-electron chi connectivity index (χ2n) is 3.84. The maximum atomic E-state index is 13.1. The van der Waals surface area contributed by atoms with Gasteiger partial charge in [-0.1, -0.05) is 0 Å². The fraction of sp³-hybridized carbons (Fsp3) is 0.333. The molecule has 0 atom stereocenters. The summed E-state index contributed by atoms with van der Waals surface area (Å²) in [6, 6.07) is 3.83. The van der Waals surface area contributed by atoms with Crippen LogP contribution in [0.1, 0.15) is 29.6 Å². The van der Waals surface area contributed by atoms with Gasteiger partial charge in [0.25, 0.3) is 5.91 Å². The Morgan fingerprint density at radius 3 is 2.67 bits per heavy atom. The van der Waals surface area contributed by atoms with Crippen molar-refractivity contribution in [3.63, 3.8) is 0 Å². The molecule has 0 radical (unpaired) electrons. The molecule has 98 valence electrons. The standard InChI is InChI=1S/C12H15FN2O3/c13-9-7-8(4-5-10(9)14)12(18)15-6-2-1-3-11(16)17/h4-5,7H,1-3,6,14H2,(H,15,18)(H,16,17). The van der Waals surface area contributed by atoms with Crippen LogP contribution in [0.5, 0.6) is 0 Å². The molecule has 1 rings (SSSR count). The van der Waals surface area contributed by atoms with Crippen LogP contribution in [0.2, 0.25) is 0 Å². The molecule has 0 aliphatic rings. The molecule has 1 aromatic rings. The number of halogens is 1. The molecule has 6 heteroatoms. The summed E-state index contributed by atoms with van der Waals surface area (Å²) in [5, 5.41) is 11.0. The number of hydrogen-bond donors (Lipinski definition) is 3. The van der Waals surface area contributed by atoms with Crippen molar-refractivity contribution < 1.29 is 19.1 Å². The zero-order valence-corrected chi connectivity index (χ0v) is 9.78. The first-order valence-corrected chi connectivity index (χ1v) is 5.55. The van der Waals surface area contributed by atoms with Crippen molar-refractivity contribution in [2.45, 2.75) is 19.3 Å². The van der Waals surface area contributed by atoms with Crippen LogP contribution in [-0.4, -0.2) is 23.5 Å². The van der Waals surface area contributed by atoms with Crippen molar-refractivity contribution in [3.8, 4) is 0 Å². The number of carbonyl (C=O) groups is 2. The maximum absolute atomic E-state index is 13.1. The monoisotopic (exact) mass is 254 g/mol. The van der Waals surface area contributed by atoms with Crippen molar-refractivity contribution in [1.29, 1.82) is 0 Å². The minimum absolute atomic E-state index is 0.00647. The lowest BCUT2D eigenvalue weighted by atomic mass is 10.2. The van der Waals surface area contributed by atoms with Crippen LogP contribution in [0, 0.1) is 5.82 Å². The Hall–Kier alpha value is -2.11. The van der Waals surface area contributed by atoms with E-state index in [0.717, 1.165) is 6.07 Å². The van der Waals surface area contributed by atoms with E-state index in [1.165, 1.54) is 12.1 Å². The van der Waals surface area contributed by atoms with Gasteiger partial charge in [-0.15, -0.1) is 0 Å². The Morgan fingerprint density at radius 1 is 1.33 bits per heavy atom. The van der Waals surface area contributed by atoms with E-state index in [4.69, 9.17) is 10.8 Å². The van der Waals surface area contributed by atoms with Gasteiger partial charge in [0.15, 0.2) is 0 Å². The highest BCUT2D eigenvalue weighted by atomic mass is 19.1. The van der Waals surface area contributed by atoms with Crippen molar-refractivity contribution in [3.05, 3.63) is 29.6 Å². The van der Waals surface area contributed by atoms with Crippen molar-refractivity contribution in [2.75, 3.05) is 12.3 Å². The molecule has 0 bridgehead atoms. The third-order valence-corrected chi connectivity index (χ3v) is 2.37. The average Bonchev–Trinajstić information content (AvgIpc) is 2.31. The summed E-state index contributed by atoms with van der Waals surface area (Å²) in [6.45, 7) is 0.359. The number of nitrogens with two attached hydrogens (primary N) is 1. The van der Waals surface area contributed by atoms with E-state index in [-0.39, 0.29) is 17.7 Å². The zero-order chi connectivity index (χ0) is 13.5. The van der Waals surface area contributed by atoms with E-state index in [2.05, 4.69) is 5.32 Å². The van der Waals surface area contributed by atoms with Crippen LogP contribution < -0.4 is 11.1 Å². The third kappa shape index (κ3) is 4.40. The van der Waals surface area contributed by atoms with Crippen molar-refractivity contribution in [1.82, 2.24) is 5.32 Å². The molecule has 0 aliphatic heterocycles. The number of anilines is 1. The first-order chi connectivity index (χ1) is 8.50. The van der Waals surface area contributed by atoms with Gasteiger partial charge in [-0.2, -0.15) is 0 Å². The molecule has 18 heavy (non-hydrogen) atoms. The van der Waals surface area contributed by atoms with Gasteiger partial charge in [0.1, 0.15) is 5.82 Å². The summed E-state index contributed by atoms with van der Waals surface area (Å²) in [5.74, 6) is -1.89. The molecule has 0 saturated heterocycles. The van der Waals surface area contributed by atoms with Gasteiger partial charge in [0.05, 0.1) is 5.69 Å². The fourth-order valence-electron chi connectivity index (χ4n) is 1.37. The number of aliphatic carboxylic acids is 1. The van der Waals surface area contributed by atoms with E-state index in [1.54, 1.807) is 0 Å². The summed E-state index contributed by atoms with van der Waals surface area (Å²) < 4.78 is 13.1. The highest BCUT2D eigenvalue weighted by Crippen LogP contribution is 2.11. The number of nitrogens with one attached hydrogen (secondary N) is 1. The van der Waals surface area contributed by atoms with Gasteiger partial charge in [0, 0.05) is 18.5 Å². The molecular formula is C12H15FN2O3. The smallest absolute Gasteiger partial charge is 0.303 e. The van der Waals surface area contributed by atoms with Gasteiger partial charge in [0.2, 0.25) is 0 Å². The molecule has 4 N–H and O–H groups in total. The number of carbonyl (C=O) groups excluding carboxylic acids is 1. The largest absolute Gasteiger partial charge is 0.481 e. The molecule has 0 aromatic heterocycles. The fourth-order valence-corrected chi connectivity index (χ4v) is 1.37. The lowest BCUT2D eigenvalue weighted by Crippen LogP contribution is -2.24. The molecule has 5 nitrogen and oxygen atoms in total. The van der Waals surface area contributed by atoms with Crippen molar-refractivity contribution >= 4 is 17.6 Å². The summed E-state index contributed by atoms with van der Waals surface area (Å²) in [4.78, 5) is 21.8. The predicted molar refractivity (Wildman–Crippen MR) is 64.6 cm³/mol. The second kappa shape index (κ2) is 6.58. The van der Waals surface area contributed by atoms with Gasteiger partial charge in [-0.3, -0.25) is 9.59 Å². The number of carboxylic acid groups (broad SMARTS) is 1. The van der Waals surface area contributed by atoms with Crippen LogP contribution in [0.25, 0.3) is 0 Å². The van der Waals surface area contributed by atoms with Gasteiger partial charge < -0.3 is 16.2 Å². The number of rotatable bonds is 6. The average molecular weight is 254 g/mol. The molecule has 0 heterocycles. The van der Waals surface area contributed by atoms with E-state index in [9.17, 15) is 14.0 Å². The number of unbranched alkanes of at least 4 members (excludes halogenated alkanes) is 1. The van der Waals surface area contributed by atoms with E-state index >= 15 is 0 Å². The third-order valence-electron chi connectivity index (χ3n) is 2.37. The zero-order valence-electron chi connectivity index (χ0n) is 9.78. The molecule has 0 aliphatic carbocycles. The first-order valence-electron chi connectivity index (χ1n) is 5.55. The number of nitrogen functional groups attached to an aromatic ring is 1. The number of carboxylic acids is 1. The van der Waals surface area contributed by atoms with Crippen LogP contribution >= 0.6 is 0 Å². The van der Waals surface area contributed by atoms with Gasteiger partial charge in [-0.25, -0.2) is 4.39 Å². The van der Waals surface area contributed by atoms with E-state index < -0.39 is 17.7 Å². The Kier molecular flexibility index (Phi) is 5.10. The lowest BCUT2D eigenvalue weighted by Gasteiger charge is -2.05. The van der Waals surface area contributed by atoms with Crippen LogP contribution in [0.4, 0.5) is 10.1 Å². The normalized spacial score (nSPS) is 10.1. The summed E-state index contributed by atoms with van der Waals surface area (Å²) in [7, 11) is 0. The summed E-state index contributed by atoms with van der Waals surface area (Å²) in [6.07, 6.45) is 1.13. The Morgan fingerprint density at radius 2 is 2.06 bits per heavy atom. The number of amides is 1. The Balaban J connectivity index is 2.36. The van der Waals surface area contributed by atoms with E-state index in [1.807, 2.05) is 0 Å². The van der Waals surface area contributed by atoms with Gasteiger partial charge in [-0.05, 0) is 31.0 Å². The van der Waals surface area contributed by atoms with Crippen LogP contribution in [0.3, 0.4) is 0 Å². The van der Waals surface area contributed by atoms with Crippen molar-refractivity contribution in [2.24, 2.45) is 0 Å². The predicted octanol–water partition coefficient (Wildman–Crippen LogP) is 1.39. The number of hydrogen-bond acceptors (Lipinski definition) is 3. The Bertz CT molecular complexity index is 449. The SMILES string of the molecule is Nc1ccc(C(=O)NCCCCC(=O)O)cc1F. The lowest BCUT2D eigenvalue weighted by molar-refractivity contribution is -0.137. The van der Waals surface area contributed by atoms with Gasteiger partial charge >= 0.3 is 5.97 Å². The summed E-state index contributed by atoms with van der Waals surface area (Å²) >= 11 is 0. The quantitative estimate of drug-likeness (QED) is 0.528. The van der Waals surface area contributed by atoms with E-state index in [0.29, 0.717) is 19.4 Å². The number of benzene rings is 1. The molecule has 1 amide bonds. The van der Waals surface area contributed by atoms with Crippen LogP contribution in [-0.2, 0) is 4.79 Å². The Labute approximate surface area is 104 Å². The first kappa shape index (κ1) is 14.0. The van der Waals surface area contributed by atoms with Crippen LogP contribution in [0.15, 0.2) is 18.2 Å².